The molecule has 0 fully saturated rings. The molecular weight excluding hydrogens is 202 g/mol. The Kier molecular flexibility index (Phi) is 4.58. The molecule has 0 saturated carbocycles. The van der Waals surface area contributed by atoms with Crippen molar-refractivity contribution in [1.29, 1.82) is 0 Å². The number of carbonyl (C=O) groups is 1. The van der Waals surface area contributed by atoms with E-state index in [4.69, 9.17) is 4.74 Å². The van der Waals surface area contributed by atoms with E-state index in [0.29, 0.717) is 6.54 Å². The first-order valence-corrected chi connectivity index (χ1v) is 5.26. The maximum absolute atomic E-state index is 11.5. The predicted octanol–water partition coefficient (Wildman–Crippen LogP) is 2.06. The van der Waals surface area contributed by atoms with Gasteiger partial charge in [0.2, 0.25) is 0 Å². The van der Waals surface area contributed by atoms with Gasteiger partial charge in [0, 0.05) is 6.54 Å². The number of nitrogens with one attached hydrogen (secondary N) is 1. The van der Waals surface area contributed by atoms with Crippen LogP contribution in [0.1, 0.15) is 12.5 Å². The smallest absolute Gasteiger partial charge is 0.261 e. The van der Waals surface area contributed by atoms with Crippen molar-refractivity contribution in [2.75, 3.05) is 6.54 Å². The third-order valence-corrected chi connectivity index (χ3v) is 2.19. The lowest BCUT2D eigenvalue weighted by Crippen LogP contribution is -2.36. The molecule has 1 aromatic carbocycles. The molecule has 0 bridgehead atoms. The zero-order valence-electron chi connectivity index (χ0n) is 9.69. The molecule has 1 aromatic rings. The highest BCUT2D eigenvalue weighted by molar-refractivity contribution is 5.80. The van der Waals surface area contributed by atoms with Crippen molar-refractivity contribution in [3.63, 3.8) is 0 Å². The zero-order chi connectivity index (χ0) is 12.0. The minimum absolute atomic E-state index is 0.136. The van der Waals surface area contributed by atoms with Gasteiger partial charge in [-0.2, -0.15) is 0 Å². The minimum Gasteiger partial charge on any atom is -0.481 e. The number of ether oxygens (including phenoxy) is 1. The van der Waals surface area contributed by atoms with Crippen LogP contribution in [0.3, 0.4) is 0 Å². The van der Waals surface area contributed by atoms with Gasteiger partial charge in [0.15, 0.2) is 6.10 Å². The lowest BCUT2D eigenvalue weighted by Gasteiger charge is -2.15. The van der Waals surface area contributed by atoms with E-state index in [0.717, 1.165) is 11.3 Å². The van der Waals surface area contributed by atoms with E-state index in [1.165, 1.54) is 0 Å². The second kappa shape index (κ2) is 5.95. The van der Waals surface area contributed by atoms with Crippen LogP contribution in [0.4, 0.5) is 0 Å². The number of aryl methyl sites for hydroxylation is 1. The standard InChI is InChI=1S/C13H17NO2/c1-4-9-14-13(15)11(3)16-12-8-6-5-7-10(12)2/h4-8,11H,1,9H2,2-3H3,(H,14,15)/t11-/m0/s1. The van der Waals surface area contributed by atoms with Gasteiger partial charge in [-0.3, -0.25) is 4.79 Å². The first-order valence-electron chi connectivity index (χ1n) is 5.26. The predicted molar refractivity (Wildman–Crippen MR) is 64.5 cm³/mol. The average Bonchev–Trinajstić information content (AvgIpc) is 2.28. The summed E-state index contributed by atoms with van der Waals surface area (Å²) in [6.45, 7) is 7.67. The van der Waals surface area contributed by atoms with E-state index in [9.17, 15) is 4.79 Å². The molecule has 0 aromatic heterocycles. The van der Waals surface area contributed by atoms with Gasteiger partial charge in [-0.25, -0.2) is 0 Å². The Labute approximate surface area is 96.1 Å². The number of rotatable bonds is 5. The van der Waals surface area contributed by atoms with Gasteiger partial charge in [0.25, 0.3) is 5.91 Å². The van der Waals surface area contributed by atoms with Crippen molar-refractivity contribution in [1.82, 2.24) is 5.32 Å². The highest BCUT2D eigenvalue weighted by Gasteiger charge is 2.13. The molecule has 3 nitrogen and oxygen atoms in total. The van der Waals surface area contributed by atoms with Gasteiger partial charge in [0.1, 0.15) is 5.75 Å². The summed E-state index contributed by atoms with van der Waals surface area (Å²) in [6.07, 6.45) is 1.14. The minimum atomic E-state index is -0.499. The SMILES string of the molecule is C=CCNC(=O)[C@H](C)Oc1ccccc1C. The molecule has 1 rings (SSSR count). The quantitative estimate of drug-likeness (QED) is 0.770. The Morgan fingerprint density at radius 3 is 2.88 bits per heavy atom. The molecule has 86 valence electrons. The third-order valence-electron chi connectivity index (χ3n) is 2.19. The molecule has 0 saturated heterocycles. The largest absolute Gasteiger partial charge is 0.481 e. The van der Waals surface area contributed by atoms with Crippen LogP contribution in [0.5, 0.6) is 5.75 Å². The number of amides is 1. The highest BCUT2D eigenvalue weighted by atomic mass is 16.5. The van der Waals surface area contributed by atoms with Gasteiger partial charge < -0.3 is 10.1 Å². The fraction of sp³-hybridized carbons (Fsp3) is 0.308. The first kappa shape index (κ1) is 12.3. The Morgan fingerprint density at radius 2 is 2.25 bits per heavy atom. The molecular formula is C13H17NO2. The van der Waals surface area contributed by atoms with E-state index in [2.05, 4.69) is 11.9 Å². The summed E-state index contributed by atoms with van der Waals surface area (Å²) < 4.78 is 5.56. The second-order valence-corrected chi connectivity index (χ2v) is 3.56. The number of hydrogen-bond acceptors (Lipinski definition) is 2. The van der Waals surface area contributed by atoms with Crippen molar-refractivity contribution >= 4 is 5.91 Å². The third kappa shape index (κ3) is 3.42. The van der Waals surface area contributed by atoms with E-state index >= 15 is 0 Å². The summed E-state index contributed by atoms with van der Waals surface area (Å²) in [4.78, 5) is 11.5. The van der Waals surface area contributed by atoms with Crippen molar-refractivity contribution in [3.8, 4) is 5.75 Å². The van der Waals surface area contributed by atoms with Crippen LogP contribution in [-0.4, -0.2) is 18.6 Å². The maximum atomic E-state index is 11.5. The molecule has 0 aliphatic carbocycles. The van der Waals surface area contributed by atoms with Crippen LogP contribution in [0, 0.1) is 6.92 Å². The van der Waals surface area contributed by atoms with Gasteiger partial charge in [-0.1, -0.05) is 24.3 Å². The van der Waals surface area contributed by atoms with E-state index in [1.807, 2.05) is 31.2 Å². The fourth-order valence-electron chi connectivity index (χ4n) is 1.25. The van der Waals surface area contributed by atoms with E-state index in [1.54, 1.807) is 13.0 Å². The molecule has 1 amide bonds. The van der Waals surface area contributed by atoms with Crippen molar-refractivity contribution in [2.45, 2.75) is 20.0 Å². The van der Waals surface area contributed by atoms with E-state index in [-0.39, 0.29) is 5.91 Å². The molecule has 0 radical (unpaired) electrons. The summed E-state index contributed by atoms with van der Waals surface area (Å²) in [5, 5.41) is 2.69. The van der Waals surface area contributed by atoms with Crippen LogP contribution in [0.2, 0.25) is 0 Å². The van der Waals surface area contributed by atoms with Crippen LogP contribution >= 0.6 is 0 Å². The molecule has 1 atom stereocenters. The second-order valence-electron chi connectivity index (χ2n) is 3.56. The molecule has 0 spiro atoms. The molecule has 0 aliphatic rings. The number of hydrogen-bond donors (Lipinski definition) is 1. The number of carbonyl (C=O) groups excluding carboxylic acids is 1. The highest BCUT2D eigenvalue weighted by Crippen LogP contribution is 2.17. The maximum Gasteiger partial charge on any atom is 0.261 e. The van der Waals surface area contributed by atoms with Crippen molar-refractivity contribution in [2.24, 2.45) is 0 Å². The fourth-order valence-corrected chi connectivity index (χ4v) is 1.25. The van der Waals surface area contributed by atoms with Crippen LogP contribution in [-0.2, 0) is 4.79 Å². The lowest BCUT2D eigenvalue weighted by atomic mass is 10.2. The summed E-state index contributed by atoms with van der Waals surface area (Å²) in [7, 11) is 0. The van der Waals surface area contributed by atoms with Crippen LogP contribution in [0.15, 0.2) is 36.9 Å². The average molecular weight is 219 g/mol. The molecule has 3 heteroatoms. The zero-order valence-corrected chi connectivity index (χ0v) is 9.69. The molecule has 0 aliphatic heterocycles. The Bertz CT molecular complexity index is 374. The molecule has 0 heterocycles. The Balaban J connectivity index is 2.57. The Hall–Kier alpha value is -1.77. The van der Waals surface area contributed by atoms with Crippen molar-refractivity contribution < 1.29 is 9.53 Å². The summed E-state index contributed by atoms with van der Waals surface area (Å²) in [6, 6.07) is 7.62. The normalized spacial score (nSPS) is 11.6. The van der Waals surface area contributed by atoms with Crippen LogP contribution in [0.25, 0.3) is 0 Å². The van der Waals surface area contributed by atoms with Gasteiger partial charge >= 0.3 is 0 Å². The van der Waals surface area contributed by atoms with Gasteiger partial charge in [-0.15, -0.1) is 6.58 Å². The van der Waals surface area contributed by atoms with E-state index < -0.39 is 6.10 Å². The summed E-state index contributed by atoms with van der Waals surface area (Å²) in [5.74, 6) is 0.604. The number of benzene rings is 1. The molecule has 1 N–H and O–H groups in total. The monoisotopic (exact) mass is 219 g/mol. The van der Waals surface area contributed by atoms with Crippen LogP contribution < -0.4 is 10.1 Å². The van der Waals surface area contributed by atoms with Gasteiger partial charge in [0.05, 0.1) is 0 Å². The van der Waals surface area contributed by atoms with Crippen molar-refractivity contribution in [3.05, 3.63) is 42.5 Å². The Morgan fingerprint density at radius 1 is 1.56 bits per heavy atom. The summed E-state index contributed by atoms with van der Waals surface area (Å²) in [5.41, 5.74) is 1.02. The summed E-state index contributed by atoms with van der Waals surface area (Å²) >= 11 is 0. The molecule has 0 unspecified atom stereocenters. The first-order chi connectivity index (χ1) is 7.65. The lowest BCUT2D eigenvalue weighted by molar-refractivity contribution is -0.127. The van der Waals surface area contributed by atoms with Gasteiger partial charge in [-0.05, 0) is 25.5 Å². The topological polar surface area (TPSA) is 38.3 Å². The molecule has 16 heavy (non-hydrogen) atoms. The number of para-hydroxylation sites is 1.